The smallest absolute Gasteiger partial charge is 0.162 e. The van der Waals surface area contributed by atoms with Crippen molar-refractivity contribution < 1.29 is 8.78 Å². The number of pyridine rings is 1. The Morgan fingerprint density at radius 1 is 0.966 bits per heavy atom. The Balaban J connectivity index is 0.00000210. The fraction of sp³-hybridized carbons (Fsp3) is 0.476. The minimum Gasteiger partial charge on any atom is -0.384 e. The average Bonchev–Trinajstić information content (AvgIpc) is 2.62. The number of aromatic nitrogens is 1. The van der Waals surface area contributed by atoms with Gasteiger partial charge in [0.15, 0.2) is 11.6 Å². The number of benzene rings is 1. The van der Waals surface area contributed by atoms with Gasteiger partial charge in [0.05, 0.1) is 0 Å². The molecule has 3 rings (SSSR count). The van der Waals surface area contributed by atoms with Crippen LogP contribution in [0.25, 0.3) is 0 Å². The van der Waals surface area contributed by atoms with Crippen LogP contribution in [0.15, 0.2) is 24.3 Å². The molecule has 0 atom stereocenters. The molecule has 0 saturated carbocycles. The average molecular weight is 447 g/mol. The monoisotopic (exact) mass is 446 g/mol. The number of aryl methyl sites for hydroxylation is 3. The molecule has 2 N–H and O–H groups in total. The molecule has 4 nitrogen and oxygen atoms in total. The zero-order valence-electron chi connectivity index (χ0n) is 17.0. The van der Waals surface area contributed by atoms with Crippen LogP contribution < -0.4 is 5.73 Å². The fourth-order valence-corrected chi connectivity index (χ4v) is 3.55. The molecule has 1 aliphatic heterocycles. The van der Waals surface area contributed by atoms with E-state index < -0.39 is 11.6 Å². The van der Waals surface area contributed by atoms with Crippen LogP contribution in [0.3, 0.4) is 0 Å². The first-order chi connectivity index (χ1) is 12.9. The lowest BCUT2D eigenvalue weighted by molar-refractivity contribution is 0.155. The molecule has 29 heavy (non-hydrogen) atoms. The molecule has 1 aromatic carbocycles. The molecule has 0 aliphatic carbocycles. The summed E-state index contributed by atoms with van der Waals surface area (Å²) >= 11 is 0. The topological polar surface area (TPSA) is 45.4 Å². The molecule has 0 spiro atoms. The lowest BCUT2D eigenvalue weighted by atomic mass is 10.0. The van der Waals surface area contributed by atoms with Gasteiger partial charge in [-0.1, -0.05) is 6.07 Å². The van der Waals surface area contributed by atoms with Crippen LogP contribution in [0.2, 0.25) is 0 Å². The number of nitrogen functional groups attached to an aromatic ring is 1. The molecule has 1 saturated heterocycles. The highest BCUT2D eigenvalue weighted by molar-refractivity contribution is 5.85. The van der Waals surface area contributed by atoms with Crippen LogP contribution in [0, 0.1) is 18.6 Å². The first kappa shape index (κ1) is 25.6. The molecule has 1 aromatic heterocycles. The van der Waals surface area contributed by atoms with E-state index in [1.54, 1.807) is 12.1 Å². The fourth-order valence-electron chi connectivity index (χ4n) is 3.55. The Hall–Kier alpha value is -1.47. The standard InChI is InChI=1S/C21H28F2N4.2ClH/c1-15-11-18(25-20(24)12-15)4-3-17-13-16(14-19(22)21(17)23)5-6-27-9-7-26(2)8-10-27;;/h11-14H,3-10H2,1-2H3,(H2,24,25);2*1H. The summed E-state index contributed by atoms with van der Waals surface area (Å²) in [5, 5.41) is 0. The summed E-state index contributed by atoms with van der Waals surface area (Å²) in [7, 11) is 2.12. The zero-order chi connectivity index (χ0) is 19.4. The van der Waals surface area contributed by atoms with Gasteiger partial charge in [-0.05, 0) is 68.1 Å². The number of halogens is 4. The number of likely N-dealkylation sites (N-methyl/N-ethyl adjacent to an activating group) is 1. The van der Waals surface area contributed by atoms with Gasteiger partial charge < -0.3 is 15.5 Å². The van der Waals surface area contributed by atoms with Crippen LogP contribution in [0.5, 0.6) is 0 Å². The van der Waals surface area contributed by atoms with Crippen LogP contribution in [-0.2, 0) is 19.3 Å². The van der Waals surface area contributed by atoms with E-state index in [2.05, 4.69) is 21.8 Å². The number of anilines is 1. The van der Waals surface area contributed by atoms with E-state index in [1.807, 2.05) is 13.0 Å². The van der Waals surface area contributed by atoms with Gasteiger partial charge in [-0.15, -0.1) is 24.8 Å². The second-order valence-electron chi connectivity index (χ2n) is 7.51. The first-order valence-electron chi connectivity index (χ1n) is 9.51. The zero-order valence-corrected chi connectivity index (χ0v) is 18.6. The van der Waals surface area contributed by atoms with Crippen molar-refractivity contribution in [3.05, 3.63) is 58.3 Å². The third-order valence-corrected chi connectivity index (χ3v) is 5.17. The van der Waals surface area contributed by atoms with E-state index in [0.29, 0.717) is 24.2 Å². The van der Waals surface area contributed by atoms with Crippen molar-refractivity contribution in [1.82, 2.24) is 14.8 Å². The van der Waals surface area contributed by atoms with Crippen LogP contribution in [0.4, 0.5) is 14.6 Å². The number of hydrogen-bond acceptors (Lipinski definition) is 4. The first-order valence-corrected chi connectivity index (χ1v) is 9.51. The predicted molar refractivity (Wildman–Crippen MR) is 119 cm³/mol. The van der Waals surface area contributed by atoms with Gasteiger partial charge in [0.2, 0.25) is 0 Å². The number of nitrogens with zero attached hydrogens (tertiary/aromatic N) is 3. The van der Waals surface area contributed by atoms with Crippen LogP contribution in [0.1, 0.15) is 22.4 Å². The van der Waals surface area contributed by atoms with Crippen LogP contribution >= 0.6 is 24.8 Å². The molecule has 2 heterocycles. The van der Waals surface area contributed by atoms with E-state index in [1.165, 1.54) is 6.07 Å². The highest BCUT2D eigenvalue weighted by Gasteiger charge is 2.15. The largest absolute Gasteiger partial charge is 0.384 e. The normalized spacial score (nSPS) is 14.9. The second-order valence-corrected chi connectivity index (χ2v) is 7.51. The summed E-state index contributed by atoms with van der Waals surface area (Å²) in [6, 6.07) is 6.86. The van der Waals surface area contributed by atoms with Crippen molar-refractivity contribution in [1.29, 1.82) is 0 Å². The minimum absolute atomic E-state index is 0. The Morgan fingerprint density at radius 2 is 1.66 bits per heavy atom. The molecule has 0 bridgehead atoms. The lowest BCUT2D eigenvalue weighted by Crippen LogP contribution is -2.45. The summed E-state index contributed by atoms with van der Waals surface area (Å²) < 4.78 is 28.3. The quantitative estimate of drug-likeness (QED) is 0.734. The van der Waals surface area contributed by atoms with E-state index in [4.69, 9.17) is 5.73 Å². The van der Waals surface area contributed by atoms with Gasteiger partial charge in [0, 0.05) is 38.4 Å². The molecule has 0 amide bonds. The number of rotatable bonds is 6. The van der Waals surface area contributed by atoms with Crippen molar-refractivity contribution in [2.75, 3.05) is 45.5 Å². The molecule has 0 radical (unpaired) electrons. The van der Waals surface area contributed by atoms with E-state index in [0.717, 1.165) is 56.0 Å². The lowest BCUT2D eigenvalue weighted by Gasteiger charge is -2.32. The van der Waals surface area contributed by atoms with Crippen molar-refractivity contribution >= 4 is 30.6 Å². The van der Waals surface area contributed by atoms with Gasteiger partial charge in [0.25, 0.3) is 0 Å². The van der Waals surface area contributed by atoms with Crippen molar-refractivity contribution in [3.63, 3.8) is 0 Å². The molecular weight excluding hydrogens is 417 g/mol. The maximum absolute atomic E-state index is 14.2. The Labute approximate surface area is 184 Å². The minimum atomic E-state index is -0.766. The van der Waals surface area contributed by atoms with E-state index in [9.17, 15) is 8.78 Å². The molecule has 162 valence electrons. The predicted octanol–water partition coefficient (Wildman–Crippen LogP) is 3.67. The molecular formula is C21H30Cl2F2N4. The van der Waals surface area contributed by atoms with Crippen molar-refractivity contribution in [2.24, 2.45) is 0 Å². The maximum Gasteiger partial charge on any atom is 0.162 e. The maximum atomic E-state index is 14.2. The Bertz CT molecular complexity index is 776. The molecule has 1 aliphatic rings. The number of nitrogens with two attached hydrogens (primary N) is 1. The third-order valence-electron chi connectivity index (χ3n) is 5.17. The Morgan fingerprint density at radius 3 is 2.31 bits per heavy atom. The molecule has 1 fully saturated rings. The molecule has 0 unspecified atom stereocenters. The summed E-state index contributed by atoms with van der Waals surface area (Å²) in [6.45, 7) is 6.96. The third kappa shape index (κ3) is 7.37. The van der Waals surface area contributed by atoms with E-state index in [-0.39, 0.29) is 24.8 Å². The molecule has 8 heteroatoms. The number of piperazine rings is 1. The second kappa shape index (κ2) is 11.6. The van der Waals surface area contributed by atoms with E-state index >= 15 is 0 Å². The summed E-state index contributed by atoms with van der Waals surface area (Å²) in [5.41, 5.74) is 8.85. The van der Waals surface area contributed by atoms with Crippen LogP contribution in [-0.4, -0.2) is 54.6 Å². The van der Waals surface area contributed by atoms with Crippen molar-refractivity contribution in [2.45, 2.75) is 26.2 Å². The van der Waals surface area contributed by atoms with Gasteiger partial charge in [-0.2, -0.15) is 0 Å². The van der Waals surface area contributed by atoms with Gasteiger partial charge >= 0.3 is 0 Å². The van der Waals surface area contributed by atoms with Gasteiger partial charge in [0.1, 0.15) is 5.82 Å². The highest BCUT2D eigenvalue weighted by Crippen LogP contribution is 2.19. The number of hydrogen-bond donors (Lipinski definition) is 1. The summed E-state index contributed by atoms with van der Waals surface area (Å²) in [4.78, 5) is 8.96. The van der Waals surface area contributed by atoms with Gasteiger partial charge in [-0.3, -0.25) is 0 Å². The Kier molecular flexibility index (Phi) is 10.3. The highest BCUT2D eigenvalue weighted by atomic mass is 35.5. The summed E-state index contributed by atoms with van der Waals surface area (Å²) in [6.07, 6.45) is 1.66. The van der Waals surface area contributed by atoms with Gasteiger partial charge in [-0.25, -0.2) is 13.8 Å². The SMILES string of the molecule is Cc1cc(N)nc(CCc2cc(CCN3CCN(C)CC3)cc(F)c2F)c1.Cl.Cl. The molecule has 2 aromatic rings. The van der Waals surface area contributed by atoms with Crippen molar-refractivity contribution in [3.8, 4) is 0 Å². The summed E-state index contributed by atoms with van der Waals surface area (Å²) in [5.74, 6) is -1.06.